The second-order valence-corrected chi connectivity index (χ2v) is 8.18. The molecule has 1 N–H and O–H groups in total. The normalized spacial score (nSPS) is 11.8. The third-order valence-corrected chi connectivity index (χ3v) is 6.00. The van der Waals surface area contributed by atoms with E-state index in [0.717, 1.165) is 16.5 Å². The lowest BCUT2D eigenvalue weighted by Crippen LogP contribution is -2.41. The molecular weight excluding hydrogens is 412 g/mol. The number of pyridine rings is 1. The molecule has 0 spiro atoms. The van der Waals surface area contributed by atoms with E-state index < -0.39 is 0 Å². The van der Waals surface area contributed by atoms with Crippen LogP contribution in [0.15, 0.2) is 85.2 Å². The van der Waals surface area contributed by atoms with Gasteiger partial charge < -0.3 is 14.8 Å². The molecule has 2 aromatic heterocycles. The summed E-state index contributed by atoms with van der Waals surface area (Å²) in [7, 11) is 3.68. The largest absolute Gasteiger partial charge is 0.351 e. The van der Waals surface area contributed by atoms with Crippen molar-refractivity contribution >= 4 is 22.7 Å². The summed E-state index contributed by atoms with van der Waals surface area (Å²) in [5, 5.41) is 3.84. The fourth-order valence-electron chi connectivity index (χ4n) is 4.10. The molecule has 33 heavy (non-hydrogen) atoms. The van der Waals surface area contributed by atoms with Gasteiger partial charge in [0.15, 0.2) is 0 Å². The topological polar surface area (TPSA) is 67.2 Å². The van der Waals surface area contributed by atoms with Gasteiger partial charge >= 0.3 is 0 Å². The molecule has 4 rings (SSSR count). The predicted molar refractivity (Wildman–Crippen MR) is 130 cm³/mol. The van der Waals surface area contributed by atoms with E-state index in [1.165, 1.54) is 0 Å². The molecule has 2 amide bonds. The molecular formula is C27H28N4O2. The zero-order chi connectivity index (χ0) is 23.2. The highest BCUT2D eigenvalue weighted by Gasteiger charge is 2.23. The summed E-state index contributed by atoms with van der Waals surface area (Å²) in [6.07, 6.45) is 4.91. The molecule has 4 aromatic rings. The van der Waals surface area contributed by atoms with Crippen LogP contribution in [0.25, 0.3) is 10.9 Å². The van der Waals surface area contributed by atoms with Crippen LogP contribution < -0.4 is 5.32 Å². The number of aryl methyl sites for hydroxylation is 1. The van der Waals surface area contributed by atoms with Crippen LogP contribution in [0.4, 0.5) is 0 Å². The molecule has 0 aliphatic rings. The van der Waals surface area contributed by atoms with Gasteiger partial charge in [-0.25, -0.2) is 0 Å². The third kappa shape index (κ3) is 5.12. The van der Waals surface area contributed by atoms with Crippen LogP contribution in [0, 0.1) is 0 Å². The maximum absolute atomic E-state index is 13.5. The van der Waals surface area contributed by atoms with Crippen molar-refractivity contribution in [2.24, 2.45) is 7.05 Å². The maximum Gasteiger partial charge on any atom is 0.267 e. The van der Waals surface area contributed by atoms with E-state index >= 15 is 0 Å². The summed E-state index contributed by atoms with van der Waals surface area (Å²) in [6.45, 7) is 0.468. The van der Waals surface area contributed by atoms with Gasteiger partial charge in [-0.1, -0.05) is 42.5 Å². The molecule has 1 atom stereocenters. The number of hydrogen-bond acceptors (Lipinski definition) is 3. The molecule has 2 aromatic carbocycles. The molecule has 0 radical (unpaired) electrons. The Morgan fingerprint density at radius 2 is 1.82 bits per heavy atom. The molecule has 0 saturated carbocycles. The van der Waals surface area contributed by atoms with Crippen LogP contribution in [0.3, 0.4) is 0 Å². The predicted octanol–water partition coefficient (Wildman–Crippen LogP) is 4.08. The number of benzene rings is 2. The number of amides is 2. The second kappa shape index (κ2) is 10.1. The first-order chi connectivity index (χ1) is 16.0. The highest BCUT2D eigenvalue weighted by atomic mass is 16.2. The first-order valence-corrected chi connectivity index (χ1v) is 11.1. The van der Waals surface area contributed by atoms with Crippen LogP contribution in [-0.2, 0) is 13.5 Å². The van der Waals surface area contributed by atoms with Crippen LogP contribution in [-0.4, -0.2) is 45.9 Å². The van der Waals surface area contributed by atoms with E-state index in [1.54, 1.807) is 21.7 Å². The van der Waals surface area contributed by atoms with Crippen molar-refractivity contribution in [2.75, 3.05) is 13.6 Å². The minimum atomic E-state index is -0.116. The van der Waals surface area contributed by atoms with Crippen molar-refractivity contribution in [1.82, 2.24) is 19.8 Å². The van der Waals surface area contributed by atoms with E-state index in [0.29, 0.717) is 30.6 Å². The Hall–Kier alpha value is -3.93. The summed E-state index contributed by atoms with van der Waals surface area (Å²) in [5.74, 6) is -0.168. The molecule has 0 bridgehead atoms. The van der Waals surface area contributed by atoms with Crippen LogP contribution in [0.5, 0.6) is 0 Å². The van der Waals surface area contributed by atoms with E-state index in [2.05, 4.69) is 22.4 Å². The number of nitrogens with zero attached hydrogens (tertiary/aromatic N) is 3. The van der Waals surface area contributed by atoms with Crippen LogP contribution in [0.1, 0.15) is 32.8 Å². The molecule has 1 unspecified atom stereocenters. The number of fused-ring (bicyclic) bond motifs is 1. The molecule has 0 aliphatic carbocycles. The molecule has 0 saturated heterocycles. The van der Waals surface area contributed by atoms with Crippen molar-refractivity contribution in [2.45, 2.75) is 18.9 Å². The Balaban J connectivity index is 1.52. The highest BCUT2D eigenvalue weighted by Crippen LogP contribution is 2.20. The van der Waals surface area contributed by atoms with Gasteiger partial charge in [0.2, 0.25) is 0 Å². The van der Waals surface area contributed by atoms with Gasteiger partial charge in [-0.05, 0) is 48.7 Å². The number of carbonyl (C=O) groups is 2. The van der Waals surface area contributed by atoms with E-state index in [9.17, 15) is 9.59 Å². The van der Waals surface area contributed by atoms with Gasteiger partial charge in [-0.3, -0.25) is 14.6 Å². The summed E-state index contributed by atoms with van der Waals surface area (Å²) < 4.78 is 1.79. The van der Waals surface area contributed by atoms with Gasteiger partial charge in [-0.2, -0.15) is 0 Å². The lowest BCUT2D eigenvalue weighted by molar-refractivity contribution is 0.0724. The van der Waals surface area contributed by atoms with Crippen molar-refractivity contribution in [3.8, 4) is 0 Å². The standard InChI is InChI=1S/C27H28N4O2/c1-30-18-8-14-25(30)26(32)29-17-15-21(19-20-9-4-3-5-10-20)31(2)27(33)23-11-6-13-24-22(23)12-7-16-28-24/h3-14,16,18,21H,15,17,19H2,1-2H3,(H,29,32). The number of carbonyl (C=O) groups excluding carboxylic acids is 2. The van der Waals surface area contributed by atoms with Crippen LogP contribution in [0.2, 0.25) is 0 Å². The Kier molecular flexibility index (Phi) is 6.83. The fourth-order valence-corrected chi connectivity index (χ4v) is 4.10. The minimum Gasteiger partial charge on any atom is -0.351 e. The van der Waals surface area contributed by atoms with Crippen molar-refractivity contribution < 1.29 is 9.59 Å². The molecule has 168 valence electrons. The summed E-state index contributed by atoms with van der Waals surface area (Å²) >= 11 is 0. The van der Waals surface area contributed by atoms with E-state index in [1.807, 2.05) is 74.9 Å². The number of rotatable bonds is 8. The van der Waals surface area contributed by atoms with Gasteiger partial charge in [0.05, 0.1) is 5.52 Å². The van der Waals surface area contributed by atoms with Gasteiger partial charge in [0.25, 0.3) is 11.8 Å². The molecule has 6 heteroatoms. The summed E-state index contributed by atoms with van der Waals surface area (Å²) in [4.78, 5) is 32.2. The van der Waals surface area contributed by atoms with E-state index in [-0.39, 0.29) is 17.9 Å². The molecule has 0 aliphatic heterocycles. The average Bonchev–Trinajstić information content (AvgIpc) is 3.28. The number of aromatic nitrogens is 2. The fraction of sp³-hybridized carbons (Fsp3) is 0.222. The monoisotopic (exact) mass is 440 g/mol. The zero-order valence-electron chi connectivity index (χ0n) is 18.9. The van der Waals surface area contributed by atoms with E-state index in [4.69, 9.17) is 0 Å². The Labute approximate surface area is 193 Å². The lowest BCUT2D eigenvalue weighted by atomic mass is 10.00. The Bertz CT molecular complexity index is 1240. The number of nitrogens with one attached hydrogen (secondary N) is 1. The molecule has 6 nitrogen and oxygen atoms in total. The highest BCUT2D eigenvalue weighted by molar-refractivity contribution is 6.06. The van der Waals surface area contributed by atoms with Crippen molar-refractivity contribution in [3.05, 3.63) is 102 Å². The summed E-state index contributed by atoms with van der Waals surface area (Å²) in [6, 6.07) is 23.1. The first-order valence-electron chi connectivity index (χ1n) is 11.1. The minimum absolute atomic E-state index is 0.0525. The lowest BCUT2D eigenvalue weighted by Gasteiger charge is -2.29. The SMILES string of the molecule is CN(C(=O)c1cccc2ncccc12)C(CCNC(=O)c1cccn1C)Cc1ccccc1. The smallest absolute Gasteiger partial charge is 0.267 e. The Morgan fingerprint density at radius 3 is 2.58 bits per heavy atom. The average molecular weight is 441 g/mol. The Morgan fingerprint density at radius 1 is 1.00 bits per heavy atom. The molecule has 0 fully saturated rings. The van der Waals surface area contributed by atoms with Gasteiger partial charge in [0.1, 0.15) is 5.69 Å². The van der Waals surface area contributed by atoms with Crippen molar-refractivity contribution in [3.63, 3.8) is 0 Å². The van der Waals surface area contributed by atoms with Gasteiger partial charge in [-0.15, -0.1) is 0 Å². The van der Waals surface area contributed by atoms with Crippen molar-refractivity contribution in [1.29, 1.82) is 0 Å². The third-order valence-electron chi connectivity index (χ3n) is 6.00. The number of hydrogen-bond donors (Lipinski definition) is 1. The maximum atomic E-state index is 13.5. The zero-order valence-corrected chi connectivity index (χ0v) is 18.9. The quantitative estimate of drug-likeness (QED) is 0.449. The van der Waals surface area contributed by atoms with Gasteiger partial charge in [0, 0.05) is 50.0 Å². The number of likely N-dealkylation sites (N-methyl/N-ethyl adjacent to an activating group) is 1. The summed E-state index contributed by atoms with van der Waals surface area (Å²) in [5.41, 5.74) is 3.19. The molecule has 2 heterocycles. The first kappa shape index (κ1) is 22.3. The van der Waals surface area contributed by atoms with Crippen LogP contribution >= 0.6 is 0 Å². The second-order valence-electron chi connectivity index (χ2n) is 8.18.